The van der Waals surface area contributed by atoms with Crippen molar-refractivity contribution >= 4 is 50.9 Å². The molecule has 38 heavy (non-hydrogen) atoms. The molecule has 0 spiro atoms. The first-order valence-electron chi connectivity index (χ1n) is 11.4. The highest BCUT2D eigenvalue weighted by Gasteiger charge is 2.45. The van der Waals surface area contributed by atoms with Crippen molar-refractivity contribution in [2.75, 3.05) is 6.61 Å². The number of fused-ring (bicyclic) bond motifs is 1. The molecule has 2 aromatic carbocycles. The molecule has 0 N–H and O–H groups in total. The number of alkyl halides is 3. The third-order valence-electron chi connectivity index (χ3n) is 5.40. The summed E-state index contributed by atoms with van der Waals surface area (Å²) in [6.45, 7) is 5.10. The summed E-state index contributed by atoms with van der Waals surface area (Å²) in [5, 5.41) is 0.342. The number of rotatable bonds is 6. The van der Waals surface area contributed by atoms with E-state index >= 15 is 0 Å². The number of thiazole rings is 1. The van der Waals surface area contributed by atoms with Crippen LogP contribution in [0.5, 0.6) is 5.75 Å². The molecule has 1 atom stereocenters. The Labute approximate surface area is 232 Å². The zero-order valence-corrected chi connectivity index (χ0v) is 23.5. The van der Waals surface area contributed by atoms with Gasteiger partial charge in [-0.05, 0) is 78.2 Å². The van der Waals surface area contributed by atoms with Crippen molar-refractivity contribution in [2.24, 2.45) is 4.99 Å². The number of ether oxygens (including phenoxy) is 2. The van der Waals surface area contributed by atoms with E-state index in [1.807, 2.05) is 13.8 Å². The van der Waals surface area contributed by atoms with Gasteiger partial charge in [-0.25, -0.2) is 9.79 Å². The van der Waals surface area contributed by atoms with Crippen LogP contribution in [0.2, 0.25) is 5.02 Å². The molecule has 0 radical (unpaired) electrons. The minimum absolute atomic E-state index is 0.0508. The fraction of sp³-hybridized carbons (Fsp3) is 0.269. The molecule has 200 valence electrons. The largest absolute Gasteiger partial charge is 0.490 e. The van der Waals surface area contributed by atoms with Crippen LogP contribution in [0, 0.1) is 0 Å². The lowest BCUT2D eigenvalue weighted by atomic mass is 9.95. The number of hydrogen-bond acceptors (Lipinski definition) is 6. The lowest BCUT2D eigenvalue weighted by molar-refractivity contribution is -0.140. The molecular weight excluding hydrogens is 609 g/mol. The van der Waals surface area contributed by atoms with E-state index in [4.69, 9.17) is 21.1 Å². The second-order valence-electron chi connectivity index (χ2n) is 8.47. The van der Waals surface area contributed by atoms with Crippen molar-refractivity contribution in [1.29, 1.82) is 0 Å². The van der Waals surface area contributed by atoms with E-state index in [-0.39, 0.29) is 27.6 Å². The van der Waals surface area contributed by atoms with Crippen LogP contribution in [0.3, 0.4) is 0 Å². The third kappa shape index (κ3) is 5.74. The lowest BCUT2D eigenvalue weighted by Gasteiger charge is -2.26. The van der Waals surface area contributed by atoms with E-state index in [0.29, 0.717) is 20.8 Å². The number of carbonyl (C=O) groups is 1. The number of halogens is 5. The molecule has 0 aliphatic carbocycles. The molecule has 1 aromatic heterocycles. The minimum Gasteiger partial charge on any atom is -0.490 e. The molecule has 2 heterocycles. The summed E-state index contributed by atoms with van der Waals surface area (Å²) in [6, 6.07) is 9.64. The first-order chi connectivity index (χ1) is 17.9. The summed E-state index contributed by atoms with van der Waals surface area (Å²) < 4.78 is 55.1. The molecule has 3 aromatic rings. The van der Waals surface area contributed by atoms with Gasteiger partial charge in [-0.15, -0.1) is 0 Å². The summed E-state index contributed by atoms with van der Waals surface area (Å²) in [4.78, 5) is 30.0. The smallest absolute Gasteiger partial charge is 0.434 e. The lowest BCUT2D eigenvalue weighted by Crippen LogP contribution is -2.41. The topological polar surface area (TPSA) is 69.9 Å². The van der Waals surface area contributed by atoms with Crippen molar-refractivity contribution in [3.63, 3.8) is 0 Å². The van der Waals surface area contributed by atoms with E-state index in [9.17, 15) is 22.8 Å². The van der Waals surface area contributed by atoms with E-state index in [0.717, 1.165) is 15.9 Å². The molecule has 0 unspecified atom stereocenters. The van der Waals surface area contributed by atoms with Gasteiger partial charge in [0.25, 0.3) is 5.56 Å². The average Bonchev–Trinajstić information content (AvgIpc) is 3.14. The van der Waals surface area contributed by atoms with Gasteiger partial charge in [0.05, 0.1) is 33.3 Å². The van der Waals surface area contributed by atoms with Crippen molar-refractivity contribution in [3.05, 3.63) is 94.0 Å². The van der Waals surface area contributed by atoms with E-state index in [1.165, 1.54) is 31.2 Å². The van der Waals surface area contributed by atoms with Crippen LogP contribution in [-0.2, 0) is 9.53 Å². The number of hydrogen-bond donors (Lipinski definition) is 0. The predicted molar refractivity (Wildman–Crippen MR) is 142 cm³/mol. The minimum atomic E-state index is -4.97. The number of allylic oxidation sites excluding steroid dienone is 1. The van der Waals surface area contributed by atoms with Gasteiger partial charge in [-0.2, -0.15) is 13.2 Å². The summed E-state index contributed by atoms with van der Waals surface area (Å²) in [6.07, 6.45) is -3.47. The normalized spacial score (nSPS) is 15.9. The average molecular weight is 630 g/mol. The maximum atomic E-state index is 14.2. The Kier molecular flexibility index (Phi) is 8.20. The van der Waals surface area contributed by atoms with Crippen molar-refractivity contribution in [3.8, 4) is 5.75 Å². The monoisotopic (exact) mass is 628 g/mol. The molecule has 0 saturated heterocycles. The molecule has 12 heteroatoms. The Balaban J connectivity index is 1.97. The van der Waals surface area contributed by atoms with Crippen LogP contribution in [0.25, 0.3) is 6.08 Å². The molecule has 0 bridgehead atoms. The van der Waals surface area contributed by atoms with Gasteiger partial charge in [0, 0.05) is 5.02 Å². The predicted octanol–water partition coefficient (Wildman–Crippen LogP) is 5.54. The number of aromatic nitrogens is 1. The first-order valence-corrected chi connectivity index (χ1v) is 13.4. The van der Waals surface area contributed by atoms with Gasteiger partial charge in [0.2, 0.25) is 0 Å². The zero-order valence-electron chi connectivity index (χ0n) is 20.3. The van der Waals surface area contributed by atoms with E-state index in [1.54, 1.807) is 24.3 Å². The second kappa shape index (κ2) is 11.1. The first kappa shape index (κ1) is 28.1. The standard InChI is InChI=1S/C26H21BrClF3N2O4S/c1-4-36-24(35)20-21(15-6-8-16(28)9-7-15)33-23(34)19(38-25(33)32-22(20)26(29,30)31)12-14-5-10-18(17(27)11-14)37-13(2)3/h5-13,21H,4H2,1-3H3/b19-12-/t21-/m1/s1. The Bertz CT molecular complexity index is 1590. The Hall–Kier alpha value is -2.89. The van der Waals surface area contributed by atoms with Gasteiger partial charge in [0.15, 0.2) is 10.5 Å². The molecule has 0 amide bonds. The molecular formula is C26H21BrClF3N2O4S. The molecule has 1 aliphatic heterocycles. The van der Waals surface area contributed by atoms with Gasteiger partial charge in [0.1, 0.15) is 5.75 Å². The summed E-state index contributed by atoms with van der Waals surface area (Å²) in [5.74, 6) is -0.599. The SMILES string of the molecule is CCOC(=O)C1=C(C(F)(F)F)N=c2s/c(=C\c3ccc(OC(C)C)c(Br)c3)c(=O)n2[C@@H]1c1ccc(Cl)cc1. The number of carbonyl (C=O) groups excluding carboxylic acids is 1. The number of benzene rings is 2. The Morgan fingerprint density at radius 1 is 1.24 bits per heavy atom. The fourth-order valence-corrected chi connectivity index (χ4v) is 5.53. The van der Waals surface area contributed by atoms with Crippen molar-refractivity contribution in [2.45, 2.75) is 39.1 Å². The zero-order chi connectivity index (χ0) is 27.8. The highest BCUT2D eigenvalue weighted by Crippen LogP contribution is 2.38. The molecule has 0 fully saturated rings. The Morgan fingerprint density at radius 2 is 1.92 bits per heavy atom. The maximum absolute atomic E-state index is 14.2. The molecule has 4 rings (SSSR count). The third-order valence-corrected chi connectivity index (χ3v) is 7.25. The van der Waals surface area contributed by atoms with E-state index in [2.05, 4.69) is 20.9 Å². The highest BCUT2D eigenvalue weighted by molar-refractivity contribution is 9.10. The maximum Gasteiger partial charge on any atom is 0.434 e. The van der Waals surface area contributed by atoms with Crippen LogP contribution in [0.4, 0.5) is 13.2 Å². The van der Waals surface area contributed by atoms with Gasteiger partial charge < -0.3 is 9.47 Å². The summed E-state index contributed by atoms with van der Waals surface area (Å²) in [7, 11) is 0. The highest BCUT2D eigenvalue weighted by atomic mass is 79.9. The van der Waals surface area contributed by atoms with Crippen LogP contribution in [0.15, 0.2) is 68.0 Å². The van der Waals surface area contributed by atoms with Gasteiger partial charge in [-0.3, -0.25) is 9.36 Å². The van der Waals surface area contributed by atoms with Crippen LogP contribution in [-0.4, -0.2) is 29.4 Å². The van der Waals surface area contributed by atoms with Crippen LogP contribution >= 0.6 is 38.9 Å². The Morgan fingerprint density at radius 3 is 2.50 bits per heavy atom. The molecule has 0 saturated carbocycles. The quantitative estimate of drug-likeness (QED) is 0.336. The van der Waals surface area contributed by atoms with Gasteiger partial charge >= 0.3 is 12.1 Å². The van der Waals surface area contributed by atoms with Crippen molar-refractivity contribution < 1.29 is 27.4 Å². The van der Waals surface area contributed by atoms with E-state index < -0.39 is 35.0 Å². The number of nitrogens with zero attached hydrogens (tertiary/aromatic N) is 2. The second-order valence-corrected chi connectivity index (χ2v) is 10.8. The number of esters is 1. The van der Waals surface area contributed by atoms with Crippen LogP contribution < -0.4 is 19.6 Å². The summed E-state index contributed by atoms with van der Waals surface area (Å²) in [5.41, 5.74) is -1.91. The van der Waals surface area contributed by atoms with Gasteiger partial charge in [-0.1, -0.05) is 41.1 Å². The molecule has 1 aliphatic rings. The van der Waals surface area contributed by atoms with Crippen LogP contribution in [0.1, 0.15) is 37.9 Å². The summed E-state index contributed by atoms with van der Waals surface area (Å²) >= 11 is 10.2. The fourth-order valence-electron chi connectivity index (χ4n) is 3.91. The van der Waals surface area contributed by atoms with Crippen molar-refractivity contribution in [1.82, 2.24) is 4.57 Å². The molecule has 6 nitrogen and oxygen atoms in total.